The Morgan fingerprint density at radius 3 is 2.23 bits per heavy atom. The smallest absolute Gasteiger partial charge is 0.0946 e. The molecule has 5 rings (SSSR count). The summed E-state index contributed by atoms with van der Waals surface area (Å²) >= 11 is 0. The molecule has 4 aliphatic heterocycles. The van der Waals surface area contributed by atoms with Crippen molar-refractivity contribution in [3.8, 4) is 0 Å². The van der Waals surface area contributed by atoms with Gasteiger partial charge in [-0.15, -0.1) is 0 Å². The molecule has 0 radical (unpaired) electrons. The molecule has 120 valence electrons. The molecule has 22 heavy (non-hydrogen) atoms. The highest BCUT2D eigenvalue weighted by Crippen LogP contribution is 2.50. The van der Waals surface area contributed by atoms with Crippen LogP contribution in [0.4, 0.5) is 0 Å². The number of hydrogen-bond donors (Lipinski definition) is 1. The first-order chi connectivity index (χ1) is 10.5. The van der Waals surface area contributed by atoms with Gasteiger partial charge in [0.05, 0.1) is 11.0 Å². The van der Waals surface area contributed by atoms with Crippen molar-refractivity contribution in [3.63, 3.8) is 0 Å². The Bertz CT molecular complexity index is 531. The normalized spacial score (nSPS) is 43.5. The first-order valence-electron chi connectivity index (χ1n) is 8.41. The molecule has 0 aliphatic carbocycles. The second-order valence-corrected chi connectivity index (χ2v) is 7.78. The molecule has 4 saturated heterocycles. The molecule has 4 heteroatoms. The van der Waals surface area contributed by atoms with E-state index < -0.39 is 5.60 Å². The molecule has 0 amide bonds. The summed E-state index contributed by atoms with van der Waals surface area (Å²) in [7, 11) is 4.16. The molecular weight excluding hydrogens is 274 g/mol. The molecule has 1 N–H and O–H groups in total. The number of piperidine rings is 2. The minimum absolute atomic E-state index is 0.170. The van der Waals surface area contributed by atoms with E-state index >= 15 is 0 Å². The molecule has 4 nitrogen and oxygen atoms in total. The lowest BCUT2D eigenvalue weighted by Crippen LogP contribution is -2.75. The van der Waals surface area contributed by atoms with Gasteiger partial charge in [-0.05, 0) is 19.7 Å². The second kappa shape index (κ2) is 5.03. The van der Waals surface area contributed by atoms with E-state index in [1.54, 1.807) is 0 Å². The Hall–Kier alpha value is -0.940. The van der Waals surface area contributed by atoms with Gasteiger partial charge in [-0.25, -0.2) is 0 Å². The van der Waals surface area contributed by atoms with Crippen LogP contribution in [0.5, 0.6) is 0 Å². The SMILES string of the molecule is CN(C)CC1(O)C2CN3CCN(C2)CC1(c1ccccc1)C3. The van der Waals surface area contributed by atoms with Crippen LogP contribution in [0.3, 0.4) is 0 Å². The monoisotopic (exact) mass is 301 g/mol. The summed E-state index contributed by atoms with van der Waals surface area (Å²) in [5.41, 5.74) is 0.492. The summed E-state index contributed by atoms with van der Waals surface area (Å²) in [6.07, 6.45) is 0. The Morgan fingerprint density at radius 1 is 1.09 bits per heavy atom. The van der Waals surface area contributed by atoms with Gasteiger partial charge in [0.25, 0.3) is 0 Å². The molecule has 1 aromatic carbocycles. The second-order valence-electron chi connectivity index (χ2n) is 7.78. The van der Waals surface area contributed by atoms with Crippen LogP contribution in [0, 0.1) is 5.92 Å². The molecule has 3 atom stereocenters. The maximum atomic E-state index is 11.9. The maximum absolute atomic E-state index is 11.9. The van der Waals surface area contributed by atoms with E-state index in [1.807, 2.05) is 0 Å². The van der Waals surface area contributed by atoms with E-state index in [4.69, 9.17) is 0 Å². The third-order valence-corrected chi connectivity index (χ3v) is 6.06. The Morgan fingerprint density at radius 2 is 1.68 bits per heavy atom. The number of nitrogens with zero attached hydrogens (tertiary/aromatic N) is 3. The van der Waals surface area contributed by atoms with Gasteiger partial charge < -0.3 is 19.8 Å². The van der Waals surface area contributed by atoms with Crippen LogP contribution in [0.15, 0.2) is 30.3 Å². The highest BCUT2D eigenvalue weighted by Gasteiger charge is 2.63. The van der Waals surface area contributed by atoms with Crippen molar-refractivity contribution in [2.24, 2.45) is 5.92 Å². The number of benzene rings is 1. The molecule has 3 unspecified atom stereocenters. The standard InChI is InChI=1S/C18H27N3O/c1-19(2)14-18(22)16-10-20-8-9-21(11-16)13-17(18,12-20)15-6-4-3-5-7-15/h3-7,16,22H,8-14H2,1-2H3. The fourth-order valence-electron chi connectivity index (χ4n) is 5.17. The summed E-state index contributed by atoms with van der Waals surface area (Å²) < 4.78 is 0. The lowest BCUT2D eigenvalue weighted by molar-refractivity contribution is -0.168. The van der Waals surface area contributed by atoms with Crippen LogP contribution in [-0.4, -0.2) is 85.3 Å². The van der Waals surface area contributed by atoms with Gasteiger partial charge in [0.1, 0.15) is 0 Å². The fourth-order valence-corrected chi connectivity index (χ4v) is 5.17. The first kappa shape index (κ1) is 14.6. The largest absolute Gasteiger partial charge is 0.387 e. The maximum Gasteiger partial charge on any atom is 0.0946 e. The van der Waals surface area contributed by atoms with Crippen molar-refractivity contribution >= 4 is 0 Å². The van der Waals surface area contributed by atoms with E-state index in [1.165, 1.54) is 5.56 Å². The zero-order valence-electron chi connectivity index (χ0n) is 13.7. The minimum atomic E-state index is -0.644. The van der Waals surface area contributed by atoms with Crippen molar-refractivity contribution in [1.29, 1.82) is 0 Å². The van der Waals surface area contributed by atoms with Crippen LogP contribution in [0.2, 0.25) is 0 Å². The van der Waals surface area contributed by atoms with E-state index in [2.05, 4.69) is 59.1 Å². The van der Waals surface area contributed by atoms with Crippen LogP contribution in [0.25, 0.3) is 0 Å². The van der Waals surface area contributed by atoms with Crippen molar-refractivity contribution < 1.29 is 5.11 Å². The van der Waals surface area contributed by atoms with Crippen LogP contribution in [-0.2, 0) is 5.41 Å². The van der Waals surface area contributed by atoms with Crippen LogP contribution < -0.4 is 0 Å². The molecule has 0 spiro atoms. The summed E-state index contributed by atoms with van der Waals surface area (Å²) in [4.78, 5) is 7.32. The predicted molar refractivity (Wildman–Crippen MR) is 88.0 cm³/mol. The highest BCUT2D eigenvalue weighted by atomic mass is 16.3. The van der Waals surface area contributed by atoms with Gasteiger partial charge in [0.15, 0.2) is 0 Å². The number of aliphatic hydroxyl groups is 1. The van der Waals surface area contributed by atoms with Gasteiger partial charge in [-0.3, -0.25) is 0 Å². The quantitative estimate of drug-likeness (QED) is 0.879. The summed E-state index contributed by atoms with van der Waals surface area (Å²) in [5, 5.41) is 11.9. The molecule has 4 aliphatic rings. The van der Waals surface area contributed by atoms with E-state index in [-0.39, 0.29) is 5.41 Å². The molecule has 0 aromatic heterocycles. The predicted octanol–water partition coefficient (Wildman–Crippen LogP) is 0.478. The highest BCUT2D eigenvalue weighted by molar-refractivity contribution is 5.36. The van der Waals surface area contributed by atoms with E-state index in [9.17, 15) is 5.11 Å². The minimum Gasteiger partial charge on any atom is -0.387 e. The van der Waals surface area contributed by atoms with Gasteiger partial charge in [-0.1, -0.05) is 30.3 Å². The average molecular weight is 301 g/mol. The molecule has 4 bridgehead atoms. The number of likely N-dealkylation sites (N-methyl/N-ethyl adjacent to an activating group) is 1. The lowest BCUT2D eigenvalue weighted by Gasteiger charge is -2.61. The summed E-state index contributed by atoms with van der Waals surface area (Å²) in [6, 6.07) is 10.7. The van der Waals surface area contributed by atoms with Crippen molar-refractivity contribution in [3.05, 3.63) is 35.9 Å². The summed E-state index contributed by atoms with van der Waals surface area (Å²) in [6.45, 7) is 7.06. The number of rotatable bonds is 3. The zero-order valence-corrected chi connectivity index (χ0v) is 13.7. The van der Waals surface area contributed by atoms with Gasteiger partial charge in [-0.2, -0.15) is 0 Å². The Kier molecular flexibility index (Phi) is 3.35. The zero-order chi connectivity index (χ0) is 15.4. The van der Waals surface area contributed by atoms with E-state index in [0.29, 0.717) is 5.92 Å². The van der Waals surface area contributed by atoms with Gasteiger partial charge in [0.2, 0.25) is 0 Å². The molecule has 4 heterocycles. The molecule has 4 fully saturated rings. The fraction of sp³-hybridized carbons (Fsp3) is 0.667. The van der Waals surface area contributed by atoms with Gasteiger partial charge in [0, 0.05) is 51.7 Å². The van der Waals surface area contributed by atoms with Gasteiger partial charge >= 0.3 is 0 Å². The summed E-state index contributed by atoms with van der Waals surface area (Å²) in [5.74, 6) is 0.333. The average Bonchev–Trinajstić information content (AvgIpc) is 2.74. The van der Waals surface area contributed by atoms with Crippen molar-refractivity contribution in [2.45, 2.75) is 11.0 Å². The number of fused-ring (bicyclic) bond motifs is 1. The number of hydrogen-bond acceptors (Lipinski definition) is 4. The van der Waals surface area contributed by atoms with Crippen LogP contribution >= 0.6 is 0 Å². The Labute approximate surface area is 133 Å². The van der Waals surface area contributed by atoms with Crippen molar-refractivity contribution in [1.82, 2.24) is 14.7 Å². The van der Waals surface area contributed by atoms with E-state index in [0.717, 1.165) is 45.8 Å². The first-order valence-corrected chi connectivity index (χ1v) is 8.41. The topological polar surface area (TPSA) is 30.0 Å². The Balaban J connectivity index is 1.86. The third kappa shape index (κ3) is 1.98. The molecule has 1 aromatic rings. The third-order valence-electron chi connectivity index (χ3n) is 6.06. The van der Waals surface area contributed by atoms with Crippen LogP contribution in [0.1, 0.15) is 5.56 Å². The van der Waals surface area contributed by atoms with Crippen molar-refractivity contribution in [2.75, 3.05) is 59.9 Å². The molecule has 0 saturated carbocycles. The molecular formula is C18H27N3O. The lowest BCUT2D eigenvalue weighted by atomic mass is 9.57.